The molecule has 1 aliphatic rings. The van der Waals surface area contributed by atoms with Gasteiger partial charge in [-0.15, -0.1) is 0 Å². The number of ether oxygens (including phenoxy) is 1. The lowest BCUT2D eigenvalue weighted by Gasteiger charge is -2.26. The second-order valence-electron chi connectivity index (χ2n) is 5.08. The van der Waals surface area contributed by atoms with E-state index in [0.29, 0.717) is 25.9 Å². The second kappa shape index (κ2) is 6.97. The molecule has 4 nitrogen and oxygen atoms in total. The van der Waals surface area contributed by atoms with Crippen molar-refractivity contribution in [2.45, 2.75) is 58.0 Å². The molecule has 0 amide bonds. The fourth-order valence-corrected chi connectivity index (χ4v) is 2.53. The summed E-state index contributed by atoms with van der Waals surface area (Å²) in [6, 6.07) is 0. The first-order chi connectivity index (χ1) is 8.10. The fraction of sp³-hybridized carbons (Fsp3) is 0.923. The highest BCUT2D eigenvalue weighted by Crippen LogP contribution is 2.42. The van der Waals surface area contributed by atoms with Gasteiger partial charge in [0.1, 0.15) is 0 Å². The number of unbranched alkanes of at least 4 members (excludes halogenated alkanes) is 1. The SMILES string of the molecule is CCCCOCC(O)CC1(C(=O)O)CCCC1. The van der Waals surface area contributed by atoms with Crippen LogP contribution < -0.4 is 0 Å². The predicted molar refractivity (Wildman–Crippen MR) is 64.9 cm³/mol. The number of carbonyl (C=O) groups is 1. The molecule has 1 rings (SSSR count). The van der Waals surface area contributed by atoms with Gasteiger partial charge >= 0.3 is 5.97 Å². The topological polar surface area (TPSA) is 66.8 Å². The molecule has 0 saturated heterocycles. The Balaban J connectivity index is 2.32. The summed E-state index contributed by atoms with van der Waals surface area (Å²) in [5.74, 6) is -0.761. The van der Waals surface area contributed by atoms with Crippen molar-refractivity contribution in [3.63, 3.8) is 0 Å². The van der Waals surface area contributed by atoms with E-state index in [2.05, 4.69) is 6.92 Å². The third-order valence-corrected chi connectivity index (χ3v) is 3.59. The summed E-state index contributed by atoms with van der Waals surface area (Å²) in [5.41, 5.74) is -0.701. The Morgan fingerprint density at radius 3 is 2.59 bits per heavy atom. The number of rotatable bonds is 8. The van der Waals surface area contributed by atoms with E-state index < -0.39 is 17.5 Å². The quantitative estimate of drug-likeness (QED) is 0.642. The van der Waals surface area contributed by atoms with E-state index in [9.17, 15) is 15.0 Å². The minimum absolute atomic E-state index is 0.259. The van der Waals surface area contributed by atoms with Crippen molar-refractivity contribution in [3.05, 3.63) is 0 Å². The van der Waals surface area contributed by atoms with Crippen LogP contribution in [0.3, 0.4) is 0 Å². The van der Waals surface area contributed by atoms with E-state index in [1.807, 2.05) is 0 Å². The summed E-state index contributed by atoms with van der Waals surface area (Å²) >= 11 is 0. The van der Waals surface area contributed by atoms with Crippen LogP contribution in [0.5, 0.6) is 0 Å². The maximum absolute atomic E-state index is 11.3. The van der Waals surface area contributed by atoms with Crippen molar-refractivity contribution in [1.29, 1.82) is 0 Å². The minimum Gasteiger partial charge on any atom is -0.481 e. The molecule has 1 aliphatic carbocycles. The van der Waals surface area contributed by atoms with Crippen LogP contribution in [0.15, 0.2) is 0 Å². The maximum Gasteiger partial charge on any atom is 0.309 e. The van der Waals surface area contributed by atoms with E-state index in [4.69, 9.17) is 4.74 Å². The van der Waals surface area contributed by atoms with Gasteiger partial charge in [0, 0.05) is 6.61 Å². The van der Waals surface area contributed by atoms with Crippen molar-refractivity contribution >= 4 is 5.97 Å². The average molecular weight is 244 g/mol. The molecule has 1 unspecified atom stereocenters. The van der Waals surface area contributed by atoms with Crippen molar-refractivity contribution in [3.8, 4) is 0 Å². The Morgan fingerprint density at radius 2 is 2.06 bits per heavy atom. The molecular formula is C13H24O4. The van der Waals surface area contributed by atoms with Crippen molar-refractivity contribution in [2.24, 2.45) is 5.41 Å². The molecule has 0 aromatic rings. The van der Waals surface area contributed by atoms with Gasteiger partial charge < -0.3 is 14.9 Å². The predicted octanol–water partition coefficient (Wildman–Crippen LogP) is 2.20. The van der Waals surface area contributed by atoms with E-state index >= 15 is 0 Å². The van der Waals surface area contributed by atoms with Gasteiger partial charge in [0.05, 0.1) is 18.1 Å². The van der Waals surface area contributed by atoms with Gasteiger partial charge in [-0.2, -0.15) is 0 Å². The normalized spacial score (nSPS) is 20.4. The van der Waals surface area contributed by atoms with Crippen LogP contribution >= 0.6 is 0 Å². The molecule has 0 spiro atoms. The van der Waals surface area contributed by atoms with Crippen LogP contribution in [0.4, 0.5) is 0 Å². The van der Waals surface area contributed by atoms with Crippen LogP contribution in [0, 0.1) is 5.41 Å². The van der Waals surface area contributed by atoms with Crippen LogP contribution in [0.25, 0.3) is 0 Å². The number of aliphatic hydroxyl groups is 1. The highest BCUT2D eigenvalue weighted by molar-refractivity contribution is 5.75. The number of carboxylic acid groups (broad SMARTS) is 1. The minimum atomic E-state index is -0.761. The number of hydrogen-bond acceptors (Lipinski definition) is 3. The zero-order valence-electron chi connectivity index (χ0n) is 10.7. The van der Waals surface area contributed by atoms with Crippen molar-refractivity contribution in [2.75, 3.05) is 13.2 Å². The van der Waals surface area contributed by atoms with Crippen LogP contribution in [0.2, 0.25) is 0 Å². The molecular weight excluding hydrogens is 220 g/mol. The summed E-state index contributed by atoms with van der Waals surface area (Å²) in [6.45, 7) is 2.99. The molecule has 0 heterocycles. The van der Waals surface area contributed by atoms with E-state index in [-0.39, 0.29) is 6.61 Å². The van der Waals surface area contributed by atoms with Gasteiger partial charge in [0.25, 0.3) is 0 Å². The molecule has 17 heavy (non-hydrogen) atoms. The Labute approximate surface area is 103 Å². The zero-order chi connectivity index (χ0) is 12.7. The molecule has 0 radical (unpaired) electrons. The molecule has 1 saturated carbocycles. The summed E-state index contributed by atoms with van der Waals surface area (Å²) in [5, 5.41) is 19.1. The Kier molecular flexibility index (Phi) is 5.92. The molecule has 100 valence electrons. The first-order valence-corrected chi connectivity index (χ1v) is 6.60. The summed E-state index contributed by atoms with van der Waals surface area (Å²) < 4.78 is 5.33. The number of hydrogen-bond donors (Lipinski definition) is 2. The smallest absolute Gasteiger partial charge is 0.309 e. The third-order valence-electron chi connectivity index (χ3n) is 3.59. The molecule has 0 aliphatic heterocycles. The van der Waals surface area contributed by atoms with Gasteiger partial charge in [-0.1, -0.05) is 26.2 Å². The lowest BCUT2D eigenvalue weighted by atomic mass is 9.81. The molecule has 0 aromatic carbocycles. The first kappa shape index (κ1) is 14.5. The molecule has 0 bridgehead atoms. The van der Waals surface area contributed by atoms with Crippen molar-refractivity contribution in [1.82, 2.24) is 0 Å². The second-order valence-corrected chi connectivity index (χ2v) is 5.08. The van der Waals surface area contributed by atoms with Gasteiger partial charge in [0.2, 0.25) is 0 Å². The zero-order valence-corrected chi connectivity index (χ0v) is 10.7. The molecule has 2 N–H and O–H groups in total. The van der Waals surface area contributed by atoms with Crippen LogP contribution in [-0.4, -0.2) is 35.5 Å². The standard InChI is InChI=1S/C13H24O4/c1-2-3-8-17-10-11(14)9-13(12(15)16)6-4-5-7-13/h11,14H,2-10H2,1H3,(H,15,16). The van der Waals surface area contributed by atoms with Crippen LogP contribution in [0.1, 0.15) is 51.9 Å². The van der Waals surface area contributed by atoms with Gasteiger partial charge in [-0.25, -0.2) is 0 Å². The number of carboxylic acids is 1. The Hall–Kier alpha value is -0.610. The van der Waals surface area contributed by atoms with Crippen LogP contribution in [-0.2, 0) is 9.53 Å². The van der Waals surface area contributed by atoms with E-state index in [1.165, 1.54) is 0 Å². The summed E-state index contributed by atoms with van der Waals surface area (Å²) in [4.78, 5) is 11.3. The monoisotopic (exact) mass is 244 g/mol. The highest BCUT2D eigenvalue weighted by atomic mass is 16.5. The van der Waals surface area contributed by atoms with E-state index in [0.717, 1.165) is 25.7 Å². The lowest BCUT2D eigenvalue weighted by molar-refractivity contribution is -0.151. The van der Waals surface area contributed by atoms with Gasteiger partial charge in [-0.3, -0.25) is 4.79 Å². The molecule has 1 fully saturated rings. The molecule has 0 aromatic heterocycles. The average Bonchev–Trinajstić information content (AvgIpc) is 2.74. The van der Waals surface area contributed by atoms with Gasteiger partial charge in [-0.05, 0) is 25.7 Å². The Bertz CT molecular complexity index is 234. The Morgan fingerprint density at radius 1 is 1.41 bits per heavy atom. The number of aliphatic carboxylic acids is 1. The molecule has 4 heteroatoms. The van der Waals surface area contributed by atoms with Gasteiger partial charge in [0.15, 0.2) is 0 Å². The number of aliphatic hydroxyl groups excluding tert-OH is 1. The maximum atomic E-state index is 11.3. The first-order valence-electron chi connectivity index (χ1n) is 6.60. The summed E-state index contributed by atoms with van der Waals surface area (Å²) in [7, 11) is 0. The summed E-state index contributed by atoms with van der Waals surface area (Å²) in [6.07, 6.45) is 5.01. The third kappa shape index (κ3) is 4.28. The lowest BCUT2D eigenvalue weighted by Crippen LogP contribution is -2.34. The molecule has 1 atom stereocenters. The van der Waals surface area contributed by atoms with E-state index in [1.54, 1.807) is 0 Å². The highest BCUT2D eigenvalue weighted by Gasteiger charge is 2.42. The van der Waals surface area contributed by atoms with Crippen molar-refractivity contribution < 1.29 is 19.7 Å². The largest absolute Gasteiger partial charge is 0.481 e. The fourth-order valence-electron chi connectivity index (χ4n) is 2.53.